The number of fused-ring (bicyclic) bond motifs is 1. The first-order valence-electron chi connectivity index (χ1n) is 3.78. The normalized spacial score (nSPS) is 13.8. The summed E-state index contributed by atoms with van der Waals surface area (Å²) in [6.45, 7) is 3.81. The van der Waals surface area contributed by atoms with Crippen LogP contribution >= 0.6 is 0 Å². The van der Waals surface area contributed by atoms with Crippen LogP contribution in [0.3, 0.4) is 0 Å². The fourth-order valence-electron chi connectivity index (χ4n) is 1.27. The van der Waals surface area contributed by atoms with Crippen LogP contribution in [0.15, 0.2) is 24.3 Å². The van der Waals surface area contributed by atoms with Crippen molar-refractivity contribution in [2.24, 2.45) is 0 Å². The SMILES string of the molecule is C=c1ccc2c(c1)C=CC(=O)C=2. The lowest BCUT2D eigenvalue weighted by molar-refractivity contribution is -0.109. The highest BCUT2D eigenvalue weighted by Crippen LogP contribution is 1.97. The molecule has 0 atom stereocenters. The maximum Gasteiger partial charge on any atom is 0.179 e. The van der Waals surface area contributed by atoms with E-state index in [-0.39, 0.29) is 5.78 Å². The van der Waals surface area contributed by atoms with Crippen LogP contribution in [0.25, 0.3) is 18.7 Å². The maximum atomic E-state index is 11.0. The summed E-state index contributed by atoms with van der Waals surface area (Å²) in [5.74, 6) is 0.0549. The Balaban J connectivity index is 2.81. The minimum Gasteiger partial charge on any atom is -0.290 e. The predicted octanol–water partition coefficient (Wildman–Crippen LogP) is 0.473. The lowest BCUT2D eigenvalue weighted by Crippen LogP contribution is -2.15. The summed E-state index contributed by atoms with van der Waals surface area (Å²) in [7, 11) is 0. The molecule has 0 amide bonds. The smallest absolute Gasteiger partial charge is 0.179 e. The summed E-state index contributed by atoms with van der Waals surface area (Å²) in [6, 6.07) is 5.79. The van der Waals surface area contributed by atoms with Gasteiger partial charge in [0.25, 0.3) is 0 Å². The summed E-state index contributed by atoms with van der Waals surface area (Å²) in [4.78, 5) is 11.0. The zero-order chi connectivity index (χ0) is 8.55. The topological polar surface area (TPSA) is 17.1 Å². The molecule has 1 aromatic rings. The van der Waals surface area contributed by atoms with Gasteiger partial charge in [0.2, 0.25) is 0 Å². The predicted molar refractivity (Wildman–Crippen MR) is 49.7 cm³/mol. The van der Waals surface area contributed by atoms with Crippen LogP contribution in [0.5, 0.6) is 0 Å². The molecule has 0 spiro atoms. The second-order valence-electron chi connectivity index (χ2n) is 2.84. The van der Waals surface area contributed by atoms with Crippen LogP contribution in [0, 0.1) is 0 Å². The van der Waals surface area contributed by atoms with E-state index < -0.39 is 0 Å². The van der Waals surface area contributed by atoms with Crippen molar-refractivity contribution in [3.8, 4) is 0 Å². The van der Waals surface area contributed by atoms with Crippen LogP contribution in [0.2, 0.25) is 0 Å². The fraction of sp³-hybridized carbons (Fsp3) is 0. The van der Waals surface area contributed by atoms with Gasteiger partial charge in [-0.05, 0) is 34.2 Å². The average molecular weight is 156 g/mol. The first-order valence-corrected chi connectivity index (χ1v) is 3.78. The molecule has 0 aromatic heterocycles. The van der Waals surface area contributed by atoms with Gasteiger partial charge in [-0.1, -0.05) is 24.8 Å². The van der Waals surface area contributed by atoms with Crippen molar-refractivity contribution in [1.82, 2.24) is 0 Å². The molecule has 0 fully saturated rings. The molecule has 0 bridgehead atoms. The second kappa shape index (κ2) is 2.45. The summed E-state index contributed by atoms with van der Waals surface area (Å²) in [5, 5.41) is 1.95. The number of hydrogen-bond acceptors (Lipinski definition) is 1. The van der Waals surface area contributed by atoms with E-state index in [1.54, 1.807) is 12.2 Å². The van der Waals surface area contributed by atoms with Gasteiger partial charge in [0, 0.05) is 0 Å². The van der Waals surface area contributed by atoms with Crippen molar-refractivity contribution in [3.63, 3.8) is 0 Å². The standard InChI is InChI=1S/C11H8O/c1-8-2-3-10-7-11(12)5-4-9(10)6-8/h2-7H,1H2. The molecule has 0 unspecified atom stereocenters. The molecule has 0 heterocycles. The monoisotopic (exact) mass is 156 g/mol. The van der Waals surface area contributed by atoms with E-state index in [1.165, 1.54) is 0 Å². The molecule has 12 heavy (non-hydrogen) atoms. The molecule has 1 aliphatic carbocycles. The van der Waals surface area contributed by atoms with E-state index in [9.17, 15) is 4.79 Å². The molecule has 0 aliphatic heterocycles. The van der Waals surface area contributed by atoms with E-state index in [4.69, 9.17) is 0 Å². The first-order chi connectivity index (χ1) is 5.75. The number of allylic oxidation sites excluding steroid dienone is 1. The number of hydrogen-bond donors (Lipinski definition) is 0. The van der Waals surface area contributed by atoms with Gasteiger partial charge in [-0.25, -0.2) is 0 Å². The lowest BCUT2D eigenvalue weighted by atomic mass is 10.0. The number of ketones is 1. The highest BCUT2D eigenvalue weighted by atomic mass is 16.1. The molecule has 1 aromatic carbocycles. The van der Waals surface area contributed by atoms with Gasteiger partial charge in [-0.15, -0.1) is 0 Å². The molecular formula is C11H8O. The summed E-state index contributed by atoms with van der Waals surface area (Å²) in [5.41, 5.74) is 1.07. The number of carbonyl (C=O) groups excluding carboxylic acids is 1. The van der Waals surface area contributed by atoms with E-state index in [1.807, 2.05) is 24.3 Å². The molecule has 1 heteroatoms. The van der Waals surface area contributed by atoms with E-state index in [0.29, 0.717) is 0 Å². The third-order valence-corrected chi connectivity index (χ3v) is 1.88. The quantitative estimate of drug-likeness (QED) is 0.533. The highest BCUT2D eigenvalue weighted by Gasteiger charge is 1.99. The lowest BCUT2D eigenvalue weighted by Gasteiger charge is -1.99. The third-order valence-electron chi connectivity index (χ3n) is 1.88. The molecule has 0 saturated heterocycles. The highest BCUT2D eigenvalue weighted by molar-refractivity contribution is 6.16. The Morgan fingerprint density at radius 3 is 2.83 bits per heavy atom. The van der Waals surface area contributed by atoms with Crippen LogP contribution in [0.4, 0.5) is 0 Å². The molecule has 0 radical (unpaired) electrons. The van der Waals surface area contributed by atoms with Crippen molar-refractivity contribution >= 4 is 24.5 Å². The van der Waals surface area contributed by atoms with Gasteiger partial charge in [-0.2, -0.15) is 0 Å². The zero-order valence-corrected chi connectivity index (χ0v) is 6.58. The Bertz CT molecular complexity index is 466. The van der Waals surface area contributed by atoms with Gasteiger partial charge in [0.1, 0.15) is 0 Å². The molecule has 0 saturated carbocycles. The molecule has 2 rings (SSSR count). The average Bonchev–Trinajstić information content (AvgIpc) is 2.05. The zero-order valence-electron chi connectivity index (χ0n) is 6.58. The molecule has 0 N–H and O–H groups in total. The van der Waals surface area contributed by atoms with Crippen LogP contribution < -0.4 is 10.4 Å². The van der Waals surface area contributed by atoms with Gasteiger partial charge in [0.05, 0.1) is 0 Å². The fourth-order valence-corrected chi connectivity index (χ4v) is 1.27. The minimum atomic E-state index is 0.0549. The van der Waals surface area contributed by atoms with Crippen molar-refractivity contribution < 1.29 is 4.79 Å². The first kappa shape index (κ1) is 7.04. The Labute approximate surface area is 70.3 Å². The summed E-state index contributed by atoms with van der Waals surface area (Å²) >= 11 is 0. The Kier molecular flexibility index (Phi) is 1.44. The Morgan fingerprint density at radius 1 is 1.17 bits per heavy atom. The number of rotatable bonds is 0. The van der Waals surface area contributed by atoms with Gasteiger partial charge in [0.15, 0.2) is 5.78 Å². The molecule has 58 valence electrons. The van der Waals surface area contributed by atoms with Crippen molar-refractivity contribution in [1.29, 1.82) is 0 Å². The summed E-state index contributed by atoms with van der Waals surface area (Å²) < 4.78 is 0. The van der Waals surface area contributed by atoms with Crippen molar-refractivity contribution in [3.05, 3.63) is 40.3 Å². The van der Waals surface area contributed by atoms with Gasteiger partial charge in [-0.3, -0.25) is 4.79 Å². The van der Waals surface area contributed by atoms with Crippen LogP contribution in [-0.4, -0.2) is 5.78 Å². The largest absolute Gasteiger partial charge is 0.290 e. The summed E-state index contributed by atoms with van der Waals surface area (Å²) in [6.07, 6.45) is 5.03. The van der Waals surface area contributed by atoms with Crippen molar-refractivity contribution in [2.45, 2.75) is 0 Å². The van der Waals surface area contributed by atoms with Gasteiger partial charge >= 0.3 is 0 Å². The Hall–Kier alpha value is -1.63. The maximum absolute atomic E-state index is 11.0. The van der Waals surface area contributed by atoms with Crippen LogP contribution in [-0.2, 0) is 4.79 Å². The van der Waals surface area contributed by atoms with Gasteiger partial charge < -0.3 is 0 Å². The third kappa shape index (κ3) is 1.10. The number of benzene rings is 1. The minimum absolute atomic E-state index is 0.0549. The molecule has 1 aliphatic rings. The van der Waals surface area contributed by atoms with E-state index in [0.717, 1.165) is 16.0 Å². The molecule has 1 nitrogen and oxygen atoms in total. The second-order valence-corrected chi connectivity index (χ2v) is 2.84. The van der Waals surface area contributed by atoms with E-state index in [2.05, 4.69) is 6.58 Å². The number of carbonyl (C=O) groups is 1. The molecular weight excluding hydrogens is 148 g/mol. The van der Waals surface area contributed by atoms with E-state index >= 15 is 0 Å². The van der Waals surface area contributed by atoms with Crippen molar-refractivity contribution in [2.75, 3.05) is 0 Å². The Morgan fingerprint density at radius 2 is 2.00 bits per heavy atom. The van der Waals surface area contributed by atoms with Crippen LogP contribution in [0.1, 0.15) is 5.56 Å².